The van der Waals surface area contributed by atoms with Crippen molar-refractivity contribution in [3.63, 3.8) is 0 Å². The summed E-state index contributed by atoms with van der Waals surface area (Å²) in [7, 11) is 0. The Labute approximate surface area is 390 Å². The molecule has 4 nitrogen and oxygen atoms in total. The van der Waals surface area contributed by atoms with Gasteiger partial charge in [-0.1, -0.05) is 178 Å². The first-order valence-electron chi connectivity index (χ1n) is 23.1. The van der Waals surface area contributed by atoms with Crippen LogP contribution < -0.4 is 0 Å². The largest absolute Gasteiger partial charge is 0.509 e. The fraction of sp³-hybridized carbons (Fsp3) is 0.0794. The molecule has 0 saturated carbocycles. The van der Waals surface area contributed by atoms with E-state index < -0.39 is 0 Å². The molecule has 0 amide bonds. The van der Waals surface area contributed by atoms with Crippen molar-refractivity contribution in [3.05, 3.63) is 217 Å². The van der Waals surface area contributed by atoms with Gasteiger partial charge in [-0.2, -0.15) is 0 Å². The lowest BCUT2D eigenvalue weighted by molar-refractivity contribution is 0.328. The number of nitrogens with zero attached hydrogens (tertiary/aromatic N) is 1. The van der Waals surface area contributed by atoms with Crippen molar-refractivity contribution in [1.29, 1.82) is 0 Å². The molecule has 10 aromatic carbocycles. The van der Waals surface area contributed by atoms with Gasteiger partial charge < -0.3 is 19.2 Å². The van der Waals surface area contributed by atoms with Gasteiger partial charge in [0.25, 0.3) is 0 Å². The zero-order chi connectivity index (χ0) is 46.2. The molecule has 4 heteroatoms. The highest BCUT2D eigenvalue weighted by Crippen LogP contribution is 2.52. The van der Waals surface area contributed by atoms with Crippen LogP contribution in [0, 0.1) is 0 Å². The number of aliphatic hydroxyl groups excluding tert-OH is 2. The third-order valence-electron chi connectivity index (χ3n) is 12.8. The first-order chi connectivity index (χ1) is 32.9. The molecule has 67 heavy (non-hydrogen) atoms. The number of hydrogen-bond acceptors (Lipinski definition) is 3. The van der Waals surface area contributed by atoms with Crippen LogP contribution >= 0.6 is 0 Å². The van der Waals surface area contributed by atoms with Crippen LogP contribution in [0.1, 0.15) is 40.2 Å². The van der Waals surface area contributed by atoms with Crippen LogP contribution in [0.15, 0.2) is 216 Å². The van der Waals surface area contributed by atoms with E-state index in [1.165, 1.54) is 123 Å². The number of allylic oxidation sites excluding steroid dienone is 3. The minimum absolute atomic E-state index is 0.0185. The molecule has 0 bridgehead atoms. The Morgan fingerprint density at radius 2 is 1.03 bits per heavy atom. The summed E-state index contributed by atoms with van der Waals surface area (Å²) < 4.78 is 8.94. The predicted octanol–water partition coefficient (Wildman–Crippen LogP) is 18.6. The molecule has 2 N–H and O–H groups in total. The maximum absolute atomic E-state index is 8.26. The monoisotopic (exact) mass is 869 g/mol. The van der Waals surface area contributed by atoms with Crippen LogP contribution in [0.25, 0.3) is 121 Å². The van der Waals surface area contributed by atoms with Crippen LogP contribution in [0.2, 0.25) is 0 Å². The van der Waals surface area contributed by atoms with Gasteiger partial charge in [-0.15, -0.1) is 0 Å². The molecule has 12 aromatic rings. The third-order valence-corrected chi connectivity index (χ3v) is 12.8. The van der Waals surface area contributed by atoms with E-state index in [0.717, 1.165) is 11.3 Å². The lowest BCUT2D eigenvalue weighted by Crippen LogP contribution is -1.94. The molecule has 0 unspecified atom stereocenters. The minimum Gasteiger partial charge on any atom is -0.509 e. The van der Waals surface area contributed by atoms with E-state index in [2.05, 4.69) is 218 Å². The molecule has 0 saturated heterocycles. The van der Waals surface area contributed by atoms with Gasteiger partial charge in [-0.25, -0.2) is 0 Å². The second-order valence-corrected chi connectivity index (χ2v) is 16.7. The highest BCUT2D eigenvalue weighted by atomic mass is 16.3. The predicted molar refractivity (Wildman–Crippen MR) is 287 cm³/mol. The van der Waals surface area contributed by atoms with E-state index in [0.29, 0.717) is 0 Å². The summed E-state index contributed by atoms with van der Waals surface area (Å²) in [6, 6.07) is 70.1. The molecular weight excluding hydrogens is 819 g/mol. The van der Waals surface area contributed by atoms with E-state index >= 15 is 0 Å². The number of fused-ring (bicyclic) bond motifs is 12. The van der Waals surface area contributed by atoms with Crippen LogP contribution in [0.5, 0.6) is 0 Å². The SMILES string of the molecule is C/C(O)=C(\C)O.C/C=C\c1cccc2ccc3cc(-n4c5ccccc5c5cc(-c6ccc7oc8c(c7c6)-c6cccc7cccc-8c67)ccc54)ccc3c12.CC.c1ccc2ccccc2c1. The molecule has 2 aromatic heterocycles. The average Bonchev–Trinajstić information content (AvgIpc) is 4.03. The number of aromatic nitrogens is 1. The van der Waals surface area contributed by atoms with Crippen molar-refractivity contribution < 1.29 is 14.6 Å². The fourth-order valence-electron chi connectivity index (χ4n) is 9.63. The highest BCUT2D eigenvalue weighted by molar-refractivity contribution is 6.20. The first kappa shape index (κ1) is 42.6. The van der Waals surface area contributed by atoms with Crippen LogP contribution in [0.4, 0.5) is 0 Å². The topological polar surface area (TPSA) is 58.5 Å². The summed E-state index contributed by atoms with van der Waals surface area (Å²) in [5.74, 6) is 0.948. The van der Waals surface area contributed by atoms with Gasteiger partial charge in [-0.05, 0) is 123 Å². The molecule has 326 valence electrons. The molecule has 2 heterocycles. The third kappa shape index (κ3) is 7.57. The Morgan fingerprint density at radius 3 is 1.72 bits per heavy atom. The normalized spacial score (nSPS) is 12.0. The lowest BCUT2D eigenvalue weighted by Gasteiger charge is -2.12. The van der Waals surface area contributed by atoms with Gasteiger partial charge in [0.1, 0.15) is 22.9 Å². The summed E-state index contributed by atoms with van der Waals surface area (Å²) in [5.41, 5.74) is 11.8. The Hall–Kier alpha value is -8.34. The van der Waals surface area contributed by atoms with E-state index in [9.17, 15) is 0 Å². The van der Waals surface area contributed by atoms with Gasteiger partial charge in [0, 0.05) is 38.4 Å². The van der Waals surface area contributed by atoms with Gasteiger partial charge in [0.2, 0.25) is 0 Å². The minimum atomic E-state index is -0.0185. The molecule has 13 rings (SSSR count). The van der Waals surface area contributed by atoms with Gasteiger partial charge in [-0.3, -0.25) is 0 Å². The molecule has 0 spiro atoms. The second kappa shape index (κ2) is 17.9. The molecule has 1 aliphatic rings. The summed E-state index contributed by atoms with van der Waals surface area (Å²) in [5, 5.41) is 30.4. The number of furan rings is 1. The molecule has 0 aliphatic heterocycles. The highest BCUT2D eigenvalue weighted by Gasteiger charge is 2.27. The molecule has 0 fully saturated rings. The Bertz CT molecular complexity index is 3810. The van der Waals surface area contributed by atoms with Gasteiger partial charge >= 0.3 is 0 Å². The van der Waals surface area contributed by atoms with Crippen molar-refractivity contribution in [2.45, 2.75) is 34.6 Å². The van der Waals surface area contributed by atoms with Crippen molar-refractivity contribution in [1.82, 2.24) is 4.57 Å². The molecule has 1 aliphatic carbocycles. The van der Waals surface area contributed by atoms with Crippen molar-refractivity contribution in [2.75, 3.05) is 0 Å². The Kier molecular flexibility index (Phi) is 11.4. The summed E-state index contributed by atoms with van der Waals surface area (Å²) in [6.45, 7) is 8.93. The number of benzene rings is 10. The average molecular weight is 870 g/mol. The first-order valence-corrected chi connectivity index (χ1v) is 23.1. The fourth-order valence-corrected chi connectivity index (χ4v) is 9.63. The van der Waals surface area contributed by atoms with Crippen LogP contribution in [0.3, 0.4) is 0 Å². The number of para-hydroxylation sites is 1. The molecule has 0 atom stereocenters. The molecular formula is C63H51NO3. The smallest absolute Gasteiger partial charge is 0.143 e. The van der Waals surface area contributed by atoms with Crippen LogP contribution in [-0.2, 0) is 0 Å². The Morgan fingerprint density at radius 1 is 0.463 bits per heavy atom. The lowest BCUT2D eigenvalue weighted by atomic mass is 9.97. The zero-order valence-corrected chi connectivity index (χ0v) is 38.4. The maximum Gasteiger partial charge on any atom is 0.143 e. The molecule has 0 radical (unpaired) electrons. The number of rotatable bonds is 3. The van der Waals surface area contributed by atoms with E-state index in [1.807, 2.05) is 13.8 Å². The zero-order valence-electron chi connectivity index (χ0n) is 38.4. The number of hydrogen-bond donors (Lipinski definition) is 2. The van der Waals surface area contributed by atoms with Gasteiger partial charge in [0.15, 0.2) is 0 Å². The quantitative estimate of drug-likeness (QED) is 0.137. The maximum atomic E-state index is 8.26. The standard InChI is InChI=1S/C47H29NO.C10H8.C4H8O2.C2H6/c1-2-8-28-9-5-10-30-17-18-33-25-34(21-22-35(33)44(28)30)48-41-16-4-3-13-36(41)39-26-31(19-23-42(39)48)32-20-24-43-40(27-32)46-37-14-6-11-29-12-7-15-38(45(29)37)47(46)49-43;1-2-6-10-8-4-3-7-9(10)5-1;1-3(5)4(2)6;1-2/h2-27H,1H3;1-8H;5-6H,1-2H3;1-2H3/b8-2-;;4-3-;. The van der Waals surface area contributed by atoms with Crippen molar-refractivity contribution in [2.24, 2.45) is 0 Å². The van der Waals surface area contributed by atoms with E-state index in [-0.39, 0.29) is 11.5 Å². The van der Waals surface area contributed by atoms with Gasteiger partial charge in [0.05, 0.1) is 11.0 Å². The van der Waals surface area contributed by atoms with Crippen LogP contribution in [-0.4, -0.2) is 14.8 Å². The summed E-state index contributed by atoms with van der Waals surface area (Å²) in [4.78, 5) is 0. The second-order valence-electron chi connectivity index (χ2n) is 16.7. The van der Waals surface area contributed by atoms with E-state index in [1.54, 1.807) is 0 Å². The van der Waals surface area contributed by atoms with E-state index in [4.69, 9.17) is 14.6 Å². The van der Waals surface area contributed by atoms with Crippen molar-refractivity contribution >= 4 is 81.9 Å². The summed E-state index contributed by atoms with van der Waals surface area (Å²) >= 11 is 0. The van der Waals surface area contributed by atoms with Crippen molar-refractivity contribution in [3.8, 4) is 39.3 Å². The Balaban J connectivity index is 0.000000247. The number of aliphatic hydroxyl groups is 2. The summed E-state index contributed by atoms with van der Waals surface area (Å²) in [6.07, 6.45) is 4.32.